The summed E-state index contributed by atoms with van der Waals surface area (Å²) in [4.78, 5) is 8.92. The van der Waals surface area contributed by atoms with Crippen molar-refractivity contribution in [2.45, 2.75) is 4.90 Å². The van der Waals surface area contributed by atoms with E-state index in [-0.39, 0.29) is 5.56 Å². The van der Waals surface area contributed by atoms with Crippen LogP contribution >= 0.6 is 0 Å². The fourth-order valence-electron chi connectivity index (χ4n) is 1.08. The lowest BCUT2D eigenvalue weighted by Gasteiger charge is -2.01. The molecule has 1 aromatic carbocycles. The molecule has 1 aromatic rings. The Morgan fingerprint density at radius 3 is 2.47 bits per heavy atom. The third-order valence-electron chi connectivity index (χ3n) is 1.67. The van der Waals surface area contributed by atoms with E-state index in [1.54, 1.807) is 0 Å². The molecular weight excluding hydrogens is 222 g/mol. The van der Waals surface area contributed by atoms with Gasteiger partial charge in [-0.2, -0.15) is 8.42 Å². The number of nitrogens with zero attached hydrogens (tertiary/aromatic N) is 1. The Kier molecular flexibility index (Phi) is 2.87. The molecule has 0 unspecified atom stereocenters. The first kappa shape index (κ1) is 11.3. The molecule has 0 aromatic heterocycles. The average molecular weight is 228 g/mol. The molecule has 0 heterocycles. The number of rotatable bonds is 3. The summed E-state index contributed by atoms with van der Waals surface area (Å²) in [7, 11) is -4.63. The van der Waals surface area contributed by atoms with Crippen LogP contribution in [0.15, 0.2) is 23.1 Å². The minimum absolute atomic E-state index is 0.0740. The average Bonchev–Trinajstić information content (AvgIpc) is 2.15. The highest BCUT2D eigenvalue weighted by Crippen LogP contribution is 2.28. The maximum absolute atomic E-state index is 10.8. The predicted molar refractivity (Wildman–Crippen MR) is 51.7 cm³/mol. The van der Waals surface area contributed by atoms with E-state index in [4.69, 9.17) is 11.1 Å². The highest BCUT2D eigenvalue weighted by molar-refractivity contribution is 7.86. The van der Waals surface area contributed by atoms with E-state index >= 15 is 0 Å². The quantitative estimate of drug-likeness (QED) is 0.477. The summed E-state index contributed by atoms with van der Waals surface area (Å²) in [5.41, 5.74) is -0.808. The Morgan fingerprint density at radius 2 is 2.07 bits per heavy atom. The van der Waals surface area contributed by atoms with Gasteiger partial charge in [-0.1, -0.05) is 12.6 Å². The lowest BCUT2D eigenvalue weighted by Crippen LogP contribution is -2.04. The van der Waals surface area contributed by atoms with Crippen LogP contribution in [0.3, 0.4) is 0 Å². The molecule has 0 atom stereocenters. The molecule has 1 rings (SSSR count). The maximum Gasteiger partial charge on any atom is 0.301 e. The number of nitro groups is 1. The van der Waals surface area contributed by atoms with Crippen molar-refractivity contribution in [3.63, 3.8) is 0 Å². The molecule has 0 fully saturated rings. The Morgan fingerprint density at radius 1 is 1.47 bits per heavy atom. The van der Waals surface area contributed by atoms with Crippen LogP contribution in [0.5, 0.6) is 0 Å². The molecule has 0 bridgehead atoms. The molecule has 0 aliphatic heterocycles. The normalized spacial score (nSPS) is 11.0. The van der Waals surface area contributed by atoms with Gasteiger partial charge < -0.3 is 0 Å². The van der Waals surface area contributed by atoms with Gasteiger partial charge in [-0.05, 0) is 18.2 Å². The van der Waals surface area contributed by atoms with Gasteiger partial charge in [-0.3, -0.25) is 14.7 Å². The Hall–Kier alpha value is -1.73. The molecule has 7 heteroatoms. The van der Waals surface area contributed by atoms with Crippen LogP contribution in [0.2, 0.25) is 0 Å². The maximum atomic E-state index is 10.8. The summed E-state index contributed by atoms with van der Waals surface area (Å²) in [6, 6.07) is 3.45. The van der Waals surface area contributed by atoms with Gasteiger partial charge in [0.25, 0.3) is 5.69 Å². The van der Waals surface area contributed by atoms with Crippen molar-refractivity contribution in [1.29, 1.82) is 0 Å². The van der Waals surface area contributed by atoms with Crippen molar-refractivity contribution in [2.75, 3.05) is 0 Å². The molecule has 79 valence electrons. The van der Waals surface area contributed by atoms with Crippen molar-refractivity contribution in [2.24, 2.45) is 0 Å². The van der Waals surface area contributed by atoms with Crippen molar-refractivity contribution in [3.8, 4) is 0 Å². The van der Waals surface area contributed by atoms with Crippen LogP contribution in [-0.2, 0) is 10.1 Å². The van der Waals surface area contributed by atoms with Crippen LogP contribution in [0.25, 0.3) is 6.08 Å². The Labute approximate surface area is 85.8 Å². The van der Waals surface area contributed by atoms with Crippen LogP contribution in [0.1, 0.15) is 5.56 Å². The van der Waals surface area contributed by atoms with E-state index in [9.17, 15) is 18.5 Å². The summed E-state index contributed by atoms with van der Waals surface area (Å²) < 4.78 is 30.4. The van der Waals surface area contributed by atoms with E-state index in [0.717, 1.165) is 12.1 Å². The van der Waals surface area contributed by atoms with Crippen LogP contribution in [0, 0.1) is 16.7 Å². The minimum Gasteiger partial charge on any atom is -0.282 e. The zero-order chi connectivity index (χ0) is 11.6. The van der Waals surface area contributed by atoms with Crippen LogP contribution in [0.4, 0.5) is 5.69 Å². The zero-order valence-electron chi connectivity index (χ0n) is 7.32. The molecule has 0 saturated carbocycles. The largest absolute Gasteiger partial charge is 0.301 e. The second kappa shape index (κ2) is 3.79. The summed E-state index contributed by atoms with van der Waals surface area (Å²) in [5.74, 6) is 0. The lowest BCUT2D eigenvalue weighted by molar-refractivity contribution is -0.388. The van der Waals surface area contributed by atoms with Gasteiger partial charge in [0.2, 0.25) is 0 Å². The highest BCUT2D eigenvalue weighted by Gasteiger charge is 2.26. The molecule has 15 heavy (non-hydrogen) atoms. The number of hydrogen-bond acceptors (Lipinski definition) is 4. The van der Waals surface area contributed by atoms with E-state index in [0.29, 0.717) is 0 Å². The van der Waals surface area contributed by atoms with Crippen LogP contribution < -0.4 is 0 Å². The van der Waals surface area contributed by atoms with Crippen molar-refractivity contribution < 1.29 is 17.9 Å². The van der Waals surface area contributed by atoms with E-state index < -0.39 is 25.6 Å². The topological polar surface area (TPSA) is 97.5 Å². The van der Waals surface area contributed by atoms with E-state index in [2.05, 4.69) is 0 Å². The first-order chi connectivity index (χ1) is 6.88. The Balaban J connectivity index is 3.68. The summed E-state index contributed by atoms with van der Waals surface area (Å²) >= 11 is 0. The van der Waals surface area contributed by atoms with Crippen molar-refractivity contribution >= 4 is 21.9 Å². The van der Waals surface area contributed by atoms with E-state index in [1.807, 2.05) is 0 Å². The van der Waals surface area contributed by atoms with Gasteiger partial charge in [0.1, 0.15) is 0 Å². The molecule has 0 saturated heterocycles. The third kappa shape index (κ3) is 2.20. The zero-order valence-corrected chi connectivity index (χ0v) is 8.14. The molecule has 1 N–H and O–H groups in total. The monoisotopic (exact) mass is 228 g/mol. The molecule has 1 radical (unpaired) electrons. The molecule has 0 spiro atoms. The third-order valence-corrected chi connectivity index (χ3v) is 2.56. The standard InChI is InChI=1S/C8H6NO5S/c1-2-6-4-3-5-7(15(12,13)14)8(6)9(10)11/h1-5H,(H,12,13,14). The number of benzene rings is 1. The number of para-hydroxylation sites is 1. The van der Waals surface area contributed by atoms with Crippen molar-refractivity contribution in [3.05, 3.63) is 40.5 Å². The van der Waals surface area contributed by atoms with Gasteiger partial charge in [-0.25, -0.2) is 0 Å². The molecular formula is C8H6NO5S. The smallest absolute Gasteiger partial charge is 0.282 e. The fraction of sp³-hybridized carbons (Fsp3) is 0. The van der Waals surface area contributed by atoms with Crippen molar-refractivity contribution in [1.82, 2.24) is 0 Å². The highest BCUT2D eigenvalue weighted by atomic mass is 32.2. The van der Waals surface area contributed by atoms with Crippen LogP contribution in [-0.4, -0.2) is 17.9 Å². The molecule has 6 nitrogen and oxygen atoms in total. The number of hydrogen-bond donors (Lipinski definition) is 1. The second-order valence-electron chi connectivity index (χ2n) is 2.59. The lowest BCUT2D eigenvalue weighted by atomic mass is 10.2. The summed E-state index contributed by atoms with van der Waals surface area (Å²) in [5, 5.41) is 10.6. The minimum atomic E-state index is -4.63. The molecule has 0 amide bonds. The first-order valence-corrected chi connectivity index (χ1v) is 5.11. The van der Waals surface area contributed by atoms with Gasteiger partial charge >= 0.3 is 10.1 Å². The first-order valence-electron chi connectivity index (χ1n) is 3.67. The van der Waals surface area contributed by atoms with Gasteiger partial charge in [0.05, 0.1) is 10.5 Å². The van der Waals surface area contributed by atoms with Gasteiger partial charge in [0.15, 0.2) is 4.90 Å². The van der Waals surface area contributed by atoms with Gasteiger partial charge in [0, 0.05) is 0 Å². The fourth-order valence-corrected chi connectivity index (χ4v) is 1.76. The summed E-state index contributed by atoms with van der Waals surface area (Å²) in [6.07, 6.45) is 0.896. The second-order valence-corrected chi connectivity index (χ2v) is 3.98. The van der Waals surface area contributed by atoms with Gasteiger partial charge in [-0.15, -0.1) is 0 Å². The number of nitro benzene ring substituents is 1. The molecule has 0 aliphatic carbocycles. The predicted octanol–water partition coefficient (Wildman–Crippen LogP) is 1.29. The summed E-state index contributed by atoms with van der Waals surface area (Å²) in [6.45, 7) is 5.09. The molecule has 0 aliphatic rings. The SMILES string of the molecule is [CH]=Cc1cccc(S(=O)(=O)O)c1[N+](=O)[O-]. The Bertz CT molecular complexity index is 520. The van der Waals surface area contributed by atoms with E-state index in [1.165, 1.54) is 12.1 Å².